The number of hydrogen-bond donors (Lipinski definition) is 0. The van der Waals surface area contributed by atoms with Crippen LogP contribution in [-0.4, -0.2) is 115 Å². The van der Waals surface area contributed by atoms with E-state index in [-0.39, 0.29) is 11.7 Å². The second-order valence-electron chi connectivity index (χ2n) is 8.41. The van der Waals surface area contributed by atoms with E-state index in [0.29, 0.717) is 18.7 Å². The third-order valence-electron chi connectivity index (χ3n) is 6.20. The fourth-order valence-electron chi connectivity index (χ4n) is 4.18. The van der Waals surface area contributed by atoms with Gasteiger partial charge >= 0.3 is 0 Å². The lowest BCUT2D eigenvalue weighted by Crippen LogP contribution is -2.46. The van der Waals surface area contributed by atoms with E-state index in [1.165, 1.54) is 0 Å². The number of piperazine rings is 2. The summed E-state index contributed by atoms with van der Waals surface area (Å²) >= 11 is 0. The van der Waals surface area contributed by atoms with Gasteiger partial charge in [-0.05, 0) is 20.2 Å². The highest BCUT2D eigenvalue weighted by Crippen LogP contribution is 2.22. The number of likely N-dealkylation sites (N-methyl/N-ethyl adjacent to an activating group) is 2. The van der Waals surface area contributed by atoms with E-state index in [9.17, 15) is 9.59 Å². The molecule has 2 aliphatic rings. The van der Waals surface area contributed by atoms with E-state index in [1.54, 1.807) is 10.8 Å². The van der Waals surface area contributed by atoms with Gasteiger partial charge in [0.1, 0.15) is 0 Å². The molecule has 0 unspecified atom stereocenters. The number of Topliss-reactive ketones (excluding diaryl/α,β-unsaturated/α-hetero) is 1. The molecule has 0 aliphatic carbocycles. The van der Waals surface area contributed by atoms with Crippen molar-refractivity contribution in [1.29, 1.82) is 0 Å². The Labute approximate surface area is 172 Å². The molecular formula is C22H31N5O2. The molecule has 2 aromatic rings. The number of carbonyl (C=O) groups is 2. The first-order valence-corrected chi connectivity index (χ1v) is 10.5. The van der Waals surface area contributed by atoms with Gasteiger partial charge in [-0.2, -0.15) is 0 Å². The highest BCUT2D eigenvalue weighted by molar-refractivity contribution is 6.11. The first-order chi connectivity index (χ1) is 14.0. The van der Waals surface area contributed by atoms with Crippen molar-refractivity contribution in [2.75, 3.05) is 79.5 Å². The molecule has 0 amide bonds. The number of ketones is 1. The van der Waals surface area contributed by atoms with Gasteiger partial charge in [0.05, 0.1) is 18.6 Å². The second-order valence-corrected chi connectivity index (χ2v) is 8.41. The molecule has 29 heavy (non-hydrogen) atoms. The van der Waals surface area contributed by atoms with Crippen molar-refractivity contribution in [3.63, 3.8) is 0 Å². The van der Waals surface area contributed by atoms with Crippen molar-refractivity contribution >= 4 is 22.6 Å². The van der Waals surface area contributed by atoms with Gasteiger partial charge in [0, 0.05) is 69.5 Å². The maximum atomic E-state index is 13.1. The normalized spacial score (nSPS) is 20.3. The lowest BCUT2D eigenvalue weighted by molar-refractivity contribution is 0.0801. The molecule has 2 fully saturated rings. The summed E-state index contributed by atoms with van der Waals surface area (Å²) < 4.78 is 1.69. The van der Waals surface area contributed by atoms with E-state index in [1.807, 2.05) is 24.3 Å². The standard InChI is InChI=1S/C22H31N5O2/c1-23-7-11-25(12-8-23)16-21(28)19-15-27(20-6-4-3-5-18(19)20)22(29)17-26-13-9-24(2)10-14-26/h3-6,15H,7-14,16-17H2,1-2H3. The number of hydrogen-bond acceptors (Lipinski definition) is 6. The average molecular weight is 398 g/mol. The maximum absolute atomic E-state index is 13.1. The van der Waals surface area contributed by atoms with E-state index in [2.05, 4.69) is 33.7 Å². The Morgan fingerprint density at radius 1 is 0.793 bits per heavy atom. The zero-order valence-electron chi connectivity index (χ0n) is 17.5. The summed E-state index contributed by atoms with van der Waals surface area (Å²) in [4.78, 5) is 35.1. The molecule has 0 saturated carbocycles. The predicted molar refractivity (Wildman–Crippen MR) is 115 cm³/mol. The highest BCUT2D eigenvalue weighted by atomic mass is 16.2. The quantitative estimate of drug-likeness (QED) is 0.701. The minimum absolute atomic E-state index is 0.0319. The van der Waals surface area contributed by atoms with Gasteiger partial charge in [-0.1, -0.05) is 18.2 Å². The summed E-state index contributed by atoms with van der Waals surface area (Å²) in [5, 5.41) is 0.873. The molecule has 0 N–H and O–H groups in total. The van der Waals surface area contributed by atoms with E-state index < -0.39 is 0 Å². The van der Waals surface area contributed by atoms with Crippen LogP contribution < -0.4 is 0 Å². The molecule has 2 aliphatic heterocycles. The first-order valence-electron chi connectivity index (χ1n) is 10.5. The SMILES string of the molecule is CN1CCN(CC(=O)c2cn(C(=O)CN3CCN(C)CC3)c3ccccc23)CC1. The average Bonchev–Trinajstić information content (AvgIpc) is 3.11. The molecule has 0 radical (unpaired) electrons. The predicted octanol–water partition coefficient (Wildman–Crippen LogP) is 0.959. The van der Waals surface area contributed by atoms with Crippen LogP contribution in [0.15, 0.2) is 30.5 Å². The molecule has 1 aromatic heterocycles. The summed E-state index contributed by atoms with van der Waals surface area (Å²) in [6.45, 7) is 8.34. The number of para-hydroxylation sites is 1. The van der Waals surface area contributed by atoms with Gasteiger partial charge in [-0.15, -0.1) is 0 Å². The van der Waals surface area contributed by atoms with Crippen molar-refractivity contribution < 1.29 is 9.59 Å². The zero-order valence-corrected chi connectivity index (χ0v) is 17.5. The number of carbonyl (C=O) groups excluding carboxylic acids is 2. The van der Waals surface area contributed by atoms with E-state index >= 15 is 0 Å². The Bertz CT molecular complexity index is 806. The van der Waals surface area contributed by atoms with Crippen LogP contribution in [0.1, 0.15) is 15.2 Å². The molecule has 156 valence electrons. The van der Waals surface area contributed by atoms with Crippen LogP contribution in [0.3, 0.4) is 0 Å². The molecule has 1 aromatic carbocycles. The van der Waals surface area contributed by atoms with Crippen LogP contribution >= 0.6 is 0 Å². The Hall–Kier alpha value is -2.06. The summed E-state index contributed by atoms with van der Waals surface area (Å²) in [7, 11) is 4.22. The fraction of sp³-hybridized carbons (Fsp3) is 0.545. The van der Waals surface area contributed by atoms with Crippen molar-refractivity contribution in [2.24, 2.45) is 0 Å². The summed E-state index contributed by atoms with van der Waals surface area (Å²) in [5.41, 5.74) is 1.49. The number of fused-ring (bicyclic) bond motifs is 1. The van der Waals surface area contributed by atoms with Crippen LogP contribution in [0.25, 0.3) is 10.9 Å². The summed E-state index contributed by atoms with van der Waals surface area (Å²) in [6, 6.07) is 7.75. The van der Waals surface area contributed by atoms with Crippen molar-refractivity contribution in [1.82, 2.24) is 24.2 Å². The zero-order chi connectivity index (χ0) is 20.4. The number of nitrogens with zero attached hydrogens (tertiary/aromatic N) is 5. The van der Waals surface area contributed by atoms with Gasteiger partial charge in [0.2, 0.25) is 5.91 Å². The first kappa shape index (κ1) is 20.2. The van der Waals surface area contributed by atoms with E-state index in [4.69, 9.17) is 0 Å². The van der Waals surface area contributed by atoms with Crippen molar-refractivity contribution in [2.45, 2.75) is 0 Å². The lowest BCUT2D eigenvalue weighted by Gasteiger charge is -2.31. The van der Waals surface area contributed by atoms with Gasteiger partial charge in [0.15, 0.2) is 5.78 Å². The third-order valence-corrected chi connectivity index (χ3v) is 6.20. The highest BCUT2D eigenvalue weighted by Gasteiger charge is 2.23. The van der Waals surface area contributed by atoms with Crippen molar-refractivity contribution in [3.8, 4) is 0 Å². The Balaban J connectivity index is 1.51. The van der Waals surface area contributed by atoms with Gasteiger partial charge in [-0.3, -0.25) is 24.0 Å². The molecule has 7 nitrogen and oxygen atoms in total. The largest absolute Gasteiger partial charge is 0.304 e. The molecule has 4 rings (SSSR count). The Morgan fingerprint density at radius 3 is 1.97 bits per heavy atom. The molecule has 0 atom stereocenters. The minimum atomic E-state index is 0.0319. The lowest BCUT2D eigenvalue weighted by atomic mass is 10.1. The summed E-state index contributed by atoms with van der Waals surface area (Å²) in [5.74, 6) is 0.126. The summed E-state index contributed by atoms with van der Waals surface area (Å²) in [6.07, 6.45) is 1.77. The Morgan fingerprint density at radius 2 is 1.34 bits per heavy atom. The minimum Gasteiger partial charge on any atom is -0.304 e. The smallest absolute Gasteiger partial charge is 0.245 e. The number of benzene rings is 1. The molecular weight excluding hydrogens is 366 g/mol. The van der Waals surface area contributed by atoms with E-state index in [0.717, 1.165) is 63.3 Å². The van der Waals surface area contributed by atoms with Crippen LogP contribution in [0.4, 0.5) is 0 Å². The van der Waals surface area contributed by atoms with Crippen LogP contribution in [0.5, 0.6) is 0 Å². The second kappa shape index (κ2) is 8.75. The fourth-order valence-corrected chi connectivity index (χ4v) is 4.18. The topological polar surface area (TPSA) is 52.0 Å². The Kier molecular flexibility index (Phi) is 6.10. The van der Waals surface area contributed by atoms with Crippen molar-refractivity contribution in [3.05, 3.63) is 36.0 Å². The maximum Gasteiger partial charge on any atom is 0.245 e. The molecule has 0 bridgehead atoms. The molecule has 7 heteroatoms. The van der Waals surface area contributed by atoms with Gasteiger partial charge < -0.3 is 9.80 Å². The molecule has 2 saturated heterocycles. The molecule has 3 heterocycles. The number of aromatic nitrogens is 1. The van der Waals surface area contributed by atoms with Gasteiger partial charge in [-0.25, -0.2) is 0 Å². The van der Waals surface area contributed by atoms with Gasteiger partial charge in [0.25, 0.3) is 0 Å². The van der Waals surface area contributed by atoms with Crippen LogP contribution in [0.2, 0.25) is 0 Å². The van der Waals surface area contributed by atoms with Crippen LogP contribution in [0, 0.1) is 0 Å². The monoisotopic (exact) mass is 397 g/mol. The molecule has 0 spiro atoms. The van der Waals surface area contributed by atoms with Crippen LogP contribution in [-0.2, 0) is 0 Å². The third kappa shape index (κ3) is 4.59. The number of rotatable bonds is 5.